The van der Waals surface area contributed by atoms with E-state index < -0.39 is 10.0 Å². The van der Waals surface area contributed by atoms with Crippen LogP contribution in [-0.4, -0.2) is 56.5 Å². The van der Waals surface area contributed by atoms with E-state index in [2.05, 4.69) is 38.8 Å². The van der Waals surface area contributed by atoms with Gasteiger partial charge in [0.25, 0.3) is 0 Å². The minimum atomic E-state index is -3.49. The molecule has 0 radical (unpaired) electrons. The number of allylic oxidation sites excluding steroid dienone is 2. The van der Waals surface area contributed by atoms with E-state index >= 15 is 0 Å². The monoisotopic (exact) mass is 489 g/mol. The van der Waals surface area contributed by atoms with E-state index in [0.29, 0.717) is 5.92 Å². The van der Waals surface area contributed by atoms with Crippen LogP contribution in [0.15, 0.2) is 47.5 Å². The van der Waals surface area contributed by atoms with Crippen molar-refractivity contribution in [2.24, 2.45) is 11.7 Å². The lowest BCUT2D eigenvalue weighted by atomic mass is 9.84. The Balaban J connectivity index is 1.19. The number of nitrogens with zero attached hydrogens (tertiary/aromatic N) is 3. The van der Waals surface area contributed by atoms with Crippen LogP contribution in [0.25, 0.3) is 10.1 Å². The van der Waals surface area contributed by atoms with Gasteiger partial charge in [0.05, 0.1) is 9.61 Å². The van der Waals surface area contributed by atoms with Gasteiger partial charge in [-0.2, -0.15) is 4.37 Å². The number of aromatic nitrogens is 1. The van der Waals surface area contributed by atoms with Gasteiger partial charge in [-0.1, -0.05) is 18.2 Å². The van der Waals surface area contributed by atoms with Crippen LogP contribution < -0.4 is 15.4 Å². The summed E-state index contributed by atoms with van der Waals surface area (Å²) in [6.45, 7) is 7.02. The first-order chi connectivity index (χ1) is 16.0. The van der Waals surface area contributed by atoms with Gasteiger partial charge in [-0.25, -0.2) is 13.1 Å². The predicted molar refractivity (Wildman–Crippen MR) is 138 cm³/mol. The van der Waals surface area contributed by atoms with Gasteiger partial charge < -0.3 is 10.6 Å². The molecule has 9 heteroatoms. The van der Waals surface area contributed by atoms with Crippen molar-refractivity contribution in [1.82, 2.24) is 14.0 Å². The Bertz CT molecular complexity index is 1080. The fourth-order valence-electron chi connectivity index (χ4n) is 4.94. The highest BCUT2D eigenvalue weighted by atomic mass is 32.2. The smallest absolute Gasteiger partial charge is 0.240 e. The second kappa shape index (κ2) is 11.0. The van der Waals surface area contributed by atoms with E-state index in [1.165, 1.54) is 28.8 Å². The van der Waals surface area contributed by atoms with E-state index in [4.69, 9.17) is 10.1 Å². The van der Waals surface area contributed by atoms with E-state index in [1.807, 2.05) is 0 Å². The Hall–Kier alpha value is -1.94. The van der Waals surface area contributed by atoms with Crippen LogP contribution >= 0.6 is 11.5 Å². The van der Waals surface area contributed by atoms with Gasteiger partial charge in [-0.3, -0.25) is 4.90 Å². The third-order valence-corrected chi connectivity index (χ3v) is 9.36. The van der Waals surface area contributed by atoms with Crippen molar-refractivity contribution in [3.05, 3.63) is 47.5 Å². The van der Waals surface area contributed by atoms with Gasteiger partial charge in [-0.15, -0.1) is 0 Å². The van der Waals surface area contributed by atoms with E-state index in [9.17, 15) is 8.42 Å². The largest absolute Gasteiger partial charge is 0.405 e. The number of rotatable bonds is 8. The molecular formula is C24H35N5O2S2. The lowest BCUT2D eigenvalue weighted by Crippen LogP contribution is -2.47. The highest BCUT2D eigenvalue weighted by Crippen LogP contribution is 2.31. The number of nitrogens with two attached hydrogens (primary N) is 1. The summed E-state index contributed by atoms with van der Waals surface area (Å²) in [5, 5.41) is 1.27. The summed E-state index contributed by atoms with van der Waals surface area (Å²) in [4.78, 5) is 5.22. The number of hydrogen-bond donors (Lipinski definition) is 2. The van der Waals surface area contributed by atoms with Crippen LogP contribution in [0.5, 0.6) is 0 Å². The lowest BCUT2D eigenvalue weighted by Gasteiger charge is -2.36. The molecule has 2 fully saturated rings. The molecule has 0 spiro atoms. The van der Waals surface area contributed by atoms with Crippen molar-refractivity contribution in [1.29, 1.82) is 0 Å². The van der Waals surface area contributed by atoms with Crippen molar-refractivity contribution in [2.75, 3.05) is 37.6 Å². The second-order valence-corrected chi connectivity index (χ2v) is 11.5. The van der Waals surface area contributed by atoms with Gasteiger partial charge >= 0.3 is 0 Å². The summed E-state index contributed by atoms with van der Waals surface area (Å²) < 4.78 is 33.9. The minimum absolute atomic E-state index is 0.0175. The molecule has 33 heavy (non-hydrogen) atoms. The van der Waals surface area contributed by atoms with E-state index in [1.54, 1.807) is 24.5 Å². The maximum atomic E-state index is 12.5. The Morgan fingerprint density at radius 3 is 2.61 bits per heavy atom. The number of piperazine rings is 1. The standard InChI is InChI=1S/C24H35N5O2S2/c1-2-21(11-13-25)33(30,31)27-20-9-7-19(8-10-20)12-14-28-15-17-29(18-16-28)24-22-5-3-4-6-23(22)32-26-24/h2-6,11,13,19-20,27H,7-10,12,14-18,25H2,1H3/b13-11-,21-2+. The zero-order valence-corrected chi connectivity index (χ0v) is 21.0. The van der Waals surface area contributed by atoms with Gasteiger partial charge in [0.2, 0.25) is 10.0 Å². The Morgan fingerprint density at radius 2 is 1.91 bits per heavy atom. The van der Waals surface area contributed by atoms with Gasteiger partial charge in [0, 0.05) is 37.6 Å². The lowest BCUT2D eigenvalue weighted by molar-refractivity contribution is 0.214. The van der Waals surface area contributed by atoms with Crippen LogP contribution in [0.4, 0.5) is 5.82 Å². The molecule has 0 amide bonds. The fraction of sp³-hybridized carbons (Fsp3) is 0.542. The molecule has 1 aromatic heterocycles. The first-order valence-corrected chi connectivity index (χ1v) is 14.1. The number of hydrogen-bond acceptors (Lipinski definition) is 7. The Morgan fingerprint density at radius 1 is 1.18 bits per heavy atom. The molecule has 7 nitrogen and oxygen atoms in total. The SMILES string of the molecule is C/C=C(\C=C/N)S(=O)(=O)NC1CCC(CCN2CCN(c3nsc4ccccc34)CC2)CC1. The molecule has 0 atom stereocenters. The zero-order chi connectivity index (χ0) is 23.3. The number of anilines is 1. The average molecular weight is 490 g/mol. The molecule has 180 valence electrons. The minimum Gasteiger partial charge on any atom is -0.405 e. The fourth-order valence-corrected chi connectivity index (χ4v) is 7.12. The quantitative estimate of drug-likeness (QED) is 0.550. The number of sulfonamides is 1. The molecule has 2 aromatic rings. The summed E-state index contributed by atoms with van der Waals surface area (Å²) in [5.41, 5.74) is 5.38. The zero-order valence-electron chi connectivity index (χ0n) is 19.3. The van der Waals surface area contributed by atoms with Crippen LogP contribution in [-0.2, 0) is 10.0 Å². The second-order valence-electron chi connectivity index (χ2n) is 9.01. The van der Waals surface area contributed by atoms with Gasteiger partial charge in [-0.05, 0) is 87.4 Å². The highest BCUT2D eigenvalue weighted by Gasteiger charge is 2.27. The van der Waals surface area contributed by atoms with Crippen LogP contribution in [0.2, 0.25) is 0 Å². The maximum absolute atomic E-state index is 12.5. The molecule has 1 aliphatic carbocycles. The number of benzene rings is 1. The molecule has 2 heterocycles. The molecular weight excluding hydrogens is 454 g/mol. The molecule has 3 N–H and O–H groups in total. The molecule has 0 unspecified atom stereocenters. The summed E-state index contributed by atoms with van der Waals surface area (Å²) in [6, 6.07) is 8.49. The summed E-state index contributed by atoms with van der Waals surface area (Å²) in [7, 11) is -3.49. The van der Waals surface area contributed by atoms with Crippen molar-refractivity contribution < 1.29 is 8.42 Å². The van der Waals surface area contributed by atoms with Gasteiger partial charge in [0.15, 0.2) is 0 Å². The molecule has 1 saturated heterocycles. The number of fused-ring (bicyclic) bond motifs is 1. The molecule has 4 rings (SSSR count). The molecule has 0 bridgehead atoms. The van der Waals surface area contributed by atoms with Crippen LogP contribution in [0, 0.1) is 5.92 Å². The normalized spacial score (nSPS) is 23.5. The van der Waals surface area contributed by atoms with Crippen molar-refractivity contribution in [3.8, 4) is 0 Å². The third kappa shape index (κ3) is 5.95. The molecule has 1 aliphatic heterocycles. The first-order valence-electron chi connectivity index (χ1n) is 11.9. The van der Waals surface area contributed by atoms with Crippen molar-refractivity contribution >= 4 is 37.5 Å². The molecule has 2 aliphatic rings. The third-order valence-electron chi connectivity index (χ3n) is 6.91. The predicted octanol–water partition coefficient (Wildman–Crippen LogP) is 3.66. The summed E-state index contributed by atoms with van der Waals surface area (Å²) in [5.74, 6) is 1.82. The topological polar surface area (TPSA) is 91.6 Å². The summed E-state index contributed by atoms with van der Waals surface area (Å²) >= 11 is 1.59. The van der Waals surface area contributed by atoms with E-state index in [-0.39, 0.29) is 10.9 Å². The van der Waals surface area contributed by atoms with Crippen molar-refractivity contribution in [2.45, 2.75) is 45.1 Å². The summed E-state index contributed by atoms with van der Waals surface area (Å²) in [6.07, 6.45) is 9.43. The first kappa shape index (κ1) is 24.2. The average Bonchev–Trinajstić information content (AvgIpc) is 3.26. The van der Waals surface area contributed by atoms with Crippen LogP contribution in [0.1, 0.15) is 39.0 Å². The Labute approximate surface area is 201 Å². The Kier molecular flexibility index (Phi) is 8.06. The maximum Gasteiger partial charge on any atom is 0.240 e. The molecule has 1 saturated carbocycles. The highest BCUT2D eigenvalue weighted by molar-refractivity contribution is 7.93. The van der Waals surface area contributed by atoms with Crippen molar-refractivity contribution in [3.63, 3.8) is 0 Å². The van der Waals surface area contributed by atoms with E-state index in [0.717, 1.165) is 64.2 Å². The number of nitrogens with one attached hydrogen (secondary N) is 1. The van der Waals surface area contributed by atoms with Gasteiger partial charge in [0.1, 0.15) is 5.82 Å². The van der Waals surface area contributed by atoms with Crippen LogP contribution in [0.3, 0.4) is 0 Å². The molecule has 1 aromatic carbocycles.